The van der Waals surface area contributed by atoms with E-state index in [-0.39, 0.29) is 18.5 Å². The van der Waals surface area contributed by atoms with Crippen LogP contribution in [0.5, 0.6) is 0 Å². The molecule has 2 heterocycles. The molecule has 0 unspecified atom stereocenters. The summed E-state index contributed by atoms with van der Waals surface area (Å²) in [6, 6.07) is 4.03. The molecule has 0 aliphatic carbocycles. The van der Waals surface area contributed by atoms with Crippen molar-refractivity contribution >= 4 is 17.6 Å². The van der Waals surface area contributed by atoms with Crippen LogP contribution in [0, 0.1) is 0 Å². The van der Waals surface area contributed by atoms with Crippen molar-refractivity contribution in [3.05, 3.63) is 29.8 Å². The van der Waals surface area contributed by atoms with Gasteiger partial charge in [-0.3, -0.25) is 15.0 Å². The Morgan fingerprint density at radius 1 is 1.09 bits per heavy atom. The Balaban J connectivity index is 2.13. The molecule has 2 aliphatic rings. The van der Waals surface area contributed by atoms with Gasteiger partial charge >= 0.3 is 12.2 Å². The summed E-state index contributed by atoms with van der Waals surface area (Å²) in [6.07, 6.45) is -4.05. The first-order valence-corrected chi connectivity index (χ1v) is 6.89. The number of amides is 3. The summed E-state index contributed by atoms with van der Waals surface area (Å²) >= 11 is 0. The largest absolute Gasteiger partial charge is 0.418 e. The number of hydrogen-bond donors (Lipinski definition) is 2. The highest BCUT2D eigenvalue weighted by atomic mass is 19.4. The summed E-state index contributed by atoms with van der Waals surface area (Å²) in [6.45, 7) is 0.927. The predicted octanol–water partition coefficient (Wildman–Crippen LogP) is 1.88. The summed E-state index contributed by atoms with van der Waals surface area (Å²) in [4.78, 5) is 25.4. The van der Waals surface area contributed by atoms with Gasteiger partial charge in [-0.25, -0.2) is 4.79 Å². The van der Waals surface area contributed by atoms with Crippen LogP contribution in [0.3, 0.4) is 0 Å². The van der Waals surface area contributed by atoms with E-state index in [4.69, 9.17) is 0 Å². The lowest BCUT2D eigenvalue weighted by Crippen LogP contribution is -2.56. The molecule has 3 rings (SSSR count). The third-order valence-electron chi connectivity index (χ3n) is 4.16. The van der Waals surface area contributed by atoms with E-state index in [9.17, 15) is 22.8 Å². The van der Waals surface area contributed by atoms with Crippen LogP contribution in [-0.2, 0) is 11.0 Å². The third-order valence-corrected chi connectivity index (χ3v) is 4.16. The molecule has 22 heavy (non-hydrogen) atoms. The van der Waals surface area contributed by atoms with Crippen molar-refractivity contribution in [2.24, 2.45) is 0 Å². The standard InChI is InChI=1S/C14H14F3N3O2/c15-14(16,17)9-3-1-2-4-10(9)20-12(22)19-11(21)13(20)5-7-18-8-6-13/h1-4,18H,5-8H2,(H,19,21,22). The normalized spacial score (nSPS) is 21.3. The molecule has 1 aromatic rings. The van der Waals surface area contributed by atoms with Gasteiger partial charge in [0.05, 0.1) is 11.3 Å². The summed E-state index contributed by atoms with van der Waals surface area (Å²) < 4.78 is 39.7. The van der Waals surface area contributed by atoms with E-state index >= 15 is 0 Å². The van der Waals surface area contributed by atoms with E-state index in [0.29, 0.717) is 13.1 Å². The number of nitrogens with zero attached hydrogens (tertiary/aromatic N) is 1. The average Bonchev–Trinajstić information content (AvgIpc) is 2.69. The maximum absolute atomic E-state index is 13.2. The zero-order chi connectivity index (χ0) is 16.0. The number of nitrogens with one attached hydrogen (secondary N) is 2. The number of halogens is 3. The van der Waals surface area contributed by atoms with Crippen molar-refractivity contribution in [2.45, 2.75) is 24.6 Å². The van der Waals surface area contributed by atoms with Crippen LogP contribution >= 0.6 is 0 Å². The van der Waals surface area contributed by atoms with Gasteiger partial charge in [-0.1, -0.05) is 12.1 Å². The van der Waals surface area contributed by atoms with Crippen molar-refractivity contribution in [3.63, 3.8) is 0 Å². The van der Waals surface area contributed by atoms with Crippen LogP contribution in [0.4, 0.5) is 23.7 Å². The Labute approximate surface area is 124 Å². The van der Waals surface area contributed by atoms with E-state index in [1.165, 1.54) is 18.2 Å². The van der Waals surface area contributed by atoms with Crippen LogP contribution in [-0.4, -0.2) is 30.6 Å². The van der Waals surface area contributed by atoms with Gasteiger partial charge in [-0.05, 0) is 38.1 Å². The molecule has 0 bridgehead atoms. The molecule has 2 fully saturated rings. The van der Waals surface area contributed by atoms with E-state index < -0.39 is 29.2 Å². The molecule has 0 aromatic heterocycles. The summed E-state index contributed by atoms with van der Waals surface area (Å²) in [5, 5.41) is 5.21. The van der Waals surface area contributed by atoms with Crippen LogP contribution in [0.25, 0.3) is 0 Å². The van der Waals surface area contributed by atoms with Crippen molar-refractivity contribution in [1.82, 2.24) is 10.6 Å². The molecule has 118 valence electrons. The molecule has 0 atom stereocenters. The van der Waals surface area contributed by atoms with Crippen LogP contribution in [0.2, 0.25) is 0 Å². The Hall–Kier alpha value is -2.09. The molecule has 2 aliphatic heterocycles. The number of urea groups is 1. The van der Waals surface area contributed by atoms with Gasteiger partial charge in [0.15, 0.2) is 0 Å². The second kappa shape index (κ2) is 4.98. The Bertz CT molecular complexity index is 624. The highest BCUT2D eigenvalue weighted by Gasteiger charge is 2.55. The molecule has 5 nitrogen and oxygen atoms in total. The number of piperidine rings is 1. The SMILES string of the molecule is O=C1NC(=O)C2(CCNCC2)N1c1ccccc1C(F)(F)F. The molecule has 2 N–H and O–H groups in total. The fraction of sp³-hybridized carbons (Fsp3) is 0.429. The molecule has 3 amide bonds. The molecule has 2 saturated heterocycles. The number of alkyl halides is 3. The fourth-order valence-electron chi connectivity index (χ4n) is 3.10. The van der Waals surface area contributed by atoms with Crippen LogP contribution < -0.4 is 15.5 Å². The third kappa shape index (κ3) is 2.14. The summed E-state index contributed by atoms with van der Waals surface area (Å²) in [5.74, 6) is -0.532. The number of imide groups is 1. The number of rotatable bonds is 1. The Morgan fingerprint density at radius 2 is 1.73 bits per heavy atom. The molecule has 0 radical (unpaired) electrons. The van der Waals surface area contributed by atoms with Crippen molar-refractivity contribution in [3.8, 4) is 0 Å². The lowest BCUT2D eigenvalue weighted by molar-refractivity contribution is -0.137. The van der Waals surface area contributed by atoms with Gasteiger partial charge in [-0.2, -0.15) is 13.2 Å². The fourth-order valence-corrected chi connectivity index (χ4v) is 3.10. The van der Waals surface area contributed by atoms with E-state index in [0.717, 1.165) is 11.0 Å². The maximum atomic E-state index is 13.2. The van der Waals surface area contributed by atoms with E-state index in [1.807, 2.05) is 0 Å². The topological polar surface area (TPSA) is 61.4 Å². The van der Waals surface area contributed by atoms with Crippen molar-refractivity contribution in [2.75, 3.05) is 18.0 Å². The number of para-hydroxylation sites is 1. The second-order valence-electron chi connectivity index (χ2n) is 5.39. The van der Waals surface area contributed by atoms with Crippen LogP contribution in [0.15, 0.2) is 24.3 Å². The van der Waals surface area contributed by atoms with Crippen LogP contribution in [0.1, 0.15) is 18.4 Å². The number of carbonyl (C=O) groups excluding carboxylic acids is 2. The second-order valence-corrected chi connectivity index (χ2v) is 5.39. The average molecular weight is 313 g/mol. The minimum absolute atomic E-state index is 0.275. The zero-order valence-corrected chi connectivity index (χ0v) is 11.5. The van der Waals surface area contributed by atoms with E-state index in [2.05, 4.69) is 10.6 Å². The zero-order valence-electron chi connectivity index (χ0n) is 11.5. The van der Waals surface area contributed by atoms with E-state index in [1.54, 1.807) is 0 Å². The van der Waals surface area contributed by atoms with Gasteiger partial charge in [0.2, 0.25) is 0 Å². The Morgan fingerprint density at radius 3 is 2.36 bits per heavy atom. The van der Waals surface area contributed by atoms with Gasteiger partial charge in [0.25, 0.3) is 5.91 Å². The molecule has 8 heteroatoms. The number of hydrogen-bond acceptors (Lipinski definition) is 3. The first-order valence-electron chi connectivity index (χ1n) is 6.89. The molecule has 1 aromatic carbocycles. The minimum Gasteiger partial charge on any atom is -0.317 e. The quantitative estimate of drug-likeness (QED) is 0.778. The minimum atomic E-state index is -4.60. The van der Waals surface area contributed by atoms with Gasteiger partial charge in [0, 0.05) is 0 Å². The predicted molar refractivity (Wildman–Crippen MR) is 72.3 cm³/mol. The van der Waals surface area contributed by atoms with Gasteiger partial charge in [0.1, 0.15) is 5.54 Å². The molecular formula is C14H14F3N3O2. The smallest absolute Gasteiger partial charge is 0.317 e. The van der Waals surface area contributed by atoms with Gasteiger partial charge < -0.3 is 5.32 Å². The number of anilines is 1. The monoisotopic (exact) mass is 313 g/mol. The maximum Gasteiger partial charge on any atom is 0.418 e. The highest BCUT2D eigenvalue weighted by molar-refractivity contribution is 6.17. The van der Waals surface area contributed by atoms with Crippen molar-refractivity contribution < 1.29 is 22.8 Å². The molecular weight excluding hydrogens is 299 g/mol. The lowest BCUT2D eigenvalue weighted by Gasteiger charge is -2.39. The number of benzene rings is 1. The van der Waals surface area contributed by atoms with Gasteiger partial charge in [-0.15, -0.1) is 0 Å². The van der Waals surface area contributed by atoms with Crippen molar-refractivity contribution in [1.29, 1.82) is 0 Å². The number of carbonyl (C=O) groups is 2. The first-order chi connectivity index (χ1) is 10.4. The molecule has 1 spiro atoms. The first kappa shape index (κ1) is 14.8. The summed E-state index contributed by atoms with van der Waals surface area (Å²) in [7, 11) is 0. The lowest BCUT2D eigenvalue weighted by atomic mass is 9.86. The Kier molecular flexibility index (Phi) is 3.36. The molecule has 0 saturated carbocycles. The summed E-state index contributed by atoms with van der Waals surface area (Å²) in [5.41, 5.74) is -2.44. The highest BCUT2D eigenvalue weighted by Crippen LogP contribution is 2.42.